The number of rotatable bonds is 6. The van der Waals surface area contributed by atoms with E-state index in [2.05, 4.69) is 20.9 Å². The van der Waals surface area contributed by atoms with Crippen LogP contribution in [0.5, 0.6) is 0 Å². The molecule has 124 valence electrons. The summed E-state index contributed by atoms with van der Waals surface area (Å²) in [7, 11) is 2.91. The molecule has 2 rings (SSSR count). The first kappa shape index (κ1) is 18.0. The summed E-state index contributed by atoms with van der Waals surface area (Å²) in [5.74, 6) is -0.363. The first-order valence-corrected chi connectivity index (χ1v) is 8.58. The third-order valence-electron chi connectivity index (χ3n) is 3.22. The lowest BCUT2D eigenvalue weighted by atomic mass is 10.2. The average molecular weight is 401 g/mol. The Morgan fingerprint density at radius 3 is 2.83 bits per heavy atom. The van der Waals surface area contributed by atoms with E-state index in [1.165, 1.54) is 23.4 Å². The number of benzene rings is 1. The average Bonchev–Trinajstić information content (AvgIpc) is 2.54. The number of hydrogen-bond acceptors (Lipinski definition) is 6. The quantitative estimate of drug-likeness (QED) is 0.421. The second-order valence-corrected chi connectivity index (χ2v) is 7.01. The van der Waals surface area contributed by atoms with Gasteiger partial charge >= 0.3 is 5.97 Å². The molecule has 6 nitrogen and oxygen atoms in total. The molecule has 8 heteroatoms. The summed E-state index contributed by atoms with van der Waals surface area (Å²) >= 11 is 4.56. The highest BCUT2D eigenvalue weighted by atomic mass is 79.9. The second-order valence-electron chi connectivity index (χ2n) is 4.79. The molecular formula is C15H17BrN2O4S. The molecule has 0 aliphatic heterocycles. The summed E-state index contributed by atoms with van der Waals surface area (Å²) in [5, 5.41) is 0.527. The monoisotopic (exact) mass is 400 g/mol. The summed E-state index contributed by atoms with van der Waals surface area (Å²) in [5.41, 5.74) is 0.430. The number of hydrogen-bond donors (Lipinski definition) is 0. The van der Waals surface area contributed by atoms with E-state index >= 15 is 0 Å². The van der Waals surface area contributed by atoms with Gasteiger partial charge in [-0.3, -0.25) is 14.2 Å². The van der Waals surface area contributed by atoms with Gasteiger partial charge < -0.3 is 9.47 Å². The third-order valence-corrected chi connectivity index (χ3v) is 4.78. The molecule has 0 saturated heterocycles. The minimum Gasteiger partial charge on any atom is -0.468 e. The van der Waals surface area contributed by atoms with Gasteiger partial charge in [0.15, 0.2) is 5.16 Å². The van der Waals surface area contributed by atoms with Crippen molar-refractivity contribution in [3.05, 3.63) is 33.0 Å². The number of esters is 1. The molecule has 0 bridgehead atoms. The molecule has 0 fully saturated rings. The van der Waals surface area contributed by atoms with Crippen molar-refractivity contribution in [2.75, 3.05) is 20.8 Å². The molecule has 0 unspecified atom stereocenters. The molecular weight excluding hydrogens is 384 g/mol. The van der Waals surface area contributed by atoms with Crippen LogP contribution in [0, 0.1) is 0 Å². The molecule has 1 heterocycles. The molecule has 0 N–H and O–H groups in total. The normalized spacial score (nSPS) is 12.3. The molecule has 1 aromatic heterocycles. The van der Waals surface area contributed by atoms with E-state index in [0.717, 1.165) is 4.47 Å². The van der Waals surface area contributed by atoms with Gasteiger partial charge in [-0.1, -0.05) is 27.7 Å². The van der Waals surface area contributed by atoms with E-state index < -0.39 is 5.25 Å². The Balaban J connectivity index is 2.54. The van der Waals surface area contributed by atoms with Crippen LogP contribution in [0.2, 0.25) is 0 Å². The lowest BCUT2D eigenvalue weighted by Gasteiger charge is -2.15. The molecule has 0 radical (unpaired) electrons. The van der Waals surface area contributed by atoms with E-state index in [4.69, 9.17) is 9.47 Å². The summed E-state index contributed by atoms with van der Waals surface area (Å²) in [6.45, 7) is 2.46. The van der Waals surface area contributed by atoms with Gasteiger partial charge in [0.2, 0.25) is 0 Å². The van der Waals surface area contributed by atoms with Crippen LogP contribution in [-0.4, -0.2) is 41.6 Å². The van der Waals surface area contributed by atoms with Crippen molar-refractivity contribution in [1.29, 1.82) is 0 Å². The zero-order chi connectivity index (χ0) is 17.0. The predicted octanol–water partition coefficient (Wildman–Crippen LogP) is 2.46. The number of carbonyl (C=O) groups is 1. The van der Waals surface area contributed by atoms with Crippen molar-refractivity contribution >= 4 is 44.6 Å². The van der Waals surface area contributed by atoms with Crippen LogP contribution in [0.1, 0.15) is 6.92 Å². The van der Waals surface area contributed by atoms with Crippen LogP contribution < -0.4 is 5.56 Å². The summed E-state index contributed by atoms with van der Waals surface area (Å²) in [6.07, 6.45) is 0. The fourth-order valence-corrected chi connectivity index (χ4v) is 3.34. The van der Waals surface area contributed by atoms with E-state index in [1.54, 1.807) is 26.2 Å². The first-order valence-electron chi connectivity index (χ1n) is 6.91. The molecule has 2 aromatic rings. The summed E-state index contributed by atoms with van der Waals surface area (Å²) < 4.78 is 12.1. The Kier molecular flexibility index (Phi) is 6.20. The van der Waals surface area contributed by atoms with Crippen molar-refractivity contribution < 1.29 is 14.3 Å². The highest BCUT2D eigenvalue weighted by Crippen LogP contribution is 2.24. The SMILES string of the molecule is COCCn1c(S[C@@H](C)C(=O)OC)nc2ccc(Br)cc2c1=O. The van der Waals surface area contributed by atoms with Crippen molar-refractivity contribution in [3.63, 3.8) is 0 Å². The number of methoxy groups -OCH3 is 2. The first-order chi connectivity index (χ1) is 11.0. The van der Waals surface area contributed by atoms with Gasteiger partial charge in [-0.25, -0.2) is 4.98 Å². The molecule has 23 heavy (non-hydrogen) atoms. The van der Waals surface area contributed by atoms with Crippen molar-refractivity contribution in [1.82, 2.24) is 9.55 Å². The Bertz CT molecular complexity index is 778. The fraction of sp³-hybridized carbons (Fsp3) is 0.400. The van der Waals surface area contributed by atoms with Crippen LogP contribution in [0.4, 0.5) is 0 Å². The minimum absolute atomic E-state index is 0.159. The molecule has 0 saturated carbocycles. The lowest BCUT2D eigenvalue weighted by Crippen LogP contribution is -2.26. The molecule has 0 amide bonds. The standard InChI is InChI=1S/C15H17BrN2O4S/c1-9(14(20)22-3)23-15-17-12-5-4-10(16)8-11(12)13(19)18(15)6-7-21-2/h4-5,8-9H,6-7H2,1-3H3/t9-/m0/s1. The number of thioether (sulfide) groups is 1. The second kappa shape index (κ2) is 7.94. The maximum Gasteiger partial charge on any atom is 0.318 e. The molecule has 0 aliphatic rings. The van der Waals surface area contributed by atoms with Gasteiger partial charge in [-0.15, -0.1) is 0 Å². The minimum atomic E-state index is -0.464. The summed E-state index contributed by atoms with van der Waals surface area (Å²) in [4.78, 5) is 28.9. The Morgan fingerprint density at radius 2 is 2.17 bits per heavy atom. The number of halogens is 1. The van der Waals surface area contributed by atoms with Gasteiger partial charge in [0.1, 0.15) is 5.25 Å². The fourth-order valence-electron chi connectivity index (χ4n) is 2.01. The highest BCUT2D eigenvalue weighted by molar-refractivity contribution is 9.10. The topological polar surface area (TPSA) is 70.4 Å². The number of fused-ring (bicyclic) bond motifs is 1. The Morgan fingerprint density at radius 1 is 1.43 bits per heavy atom. The van der Waals surface area contributed by atoms with Crippen molar-refractivity contribution in [3.8, 4) is 0 Å². The van der Waals surface area contributed by atoms with Crippen LogP contribution in [0.25, 0.3) is 10.9 Å². The van der Waals surface area contributed by atoms with Gasteiger partial charge in [0.05, 0.1) is 31.2 Å². The number of aromatic nitrogens is 2. The molecule has 0 aliphatic carbocycles. The predicted molar refractivity (Wildman–Crippen MR) is 92.9 cm³/mol. The number of carbonyl (C=O) groups excluding carboxylic acids is 1. The van der Waals surface area contributed by atoms with E-state index in [-0.39, 0.29) is 11.5 Å². The van der Waals surface area contributed by atoms with Crippen LogP contribution in [0.3, 0.4) is 0 Å². The third kappa shape index (κ3) is 4.13. The smallest absolute Gasteiger partial charge is 0.318 e. The van der Waals surface area contributed by atoms with Crippen molar-refractivity contribution in [2.45, 2.75) is 23.9 Å². The molecule has 1 atom stereocenters. The van der Waals surface area contributed by atoms with E-state index in [0.29, 0.717) is 29.2 Å². The van der Waals surface area contributed by atoms with E-state index in [1.807, 2.05) is 6.07 Å². The maximum absolute atomic E-state index is 12.7. The number of nitrogens with zero attached hydrogens (tertiary/aromatic N) is 2. The van der Waals surface area contributed by atoms with Crippen LogP contribution >= 0.6 is 27.7 Å². The van der Waals surface area contributed by atoms with E-state index in [9.17, 15) is 9.59 Å². The highest BCUT2D eigenvalue weighted by Gasteiger charge is 2.19. The van der Waals surface area contributed by atoms with Crippen LogP contribution in [0.15, 0.2) is 32.6 Å². The van der Waals surface area contributed by atoms with Crippen molar-refractivity contribution in [2.24, 2.45) is 0 Å². The van der Waals surface area contributed by atoms with Gasteiger partial charge in [0, 0.05) is 11.6 Å². The van der Waals surface area contributed by atoms with Gasteiger partial charge in [0.25, 0.3) is 5.56 Å². The molecule has 0 spiro atoms. The maximum atomic E-state index is 12.7. The number of ether oxygens (including phenoxy) is 2. The lowest BCUT2D eigenvalue weighted by molar-refractivity contribution is -0.139. The Hall–Kier alpha value is -1.38. The van der Waals surface area contributed by atoms with Gasteiger partial charge in [-0.2, -0.15) is 0 Å². The zero-order valence-corrected chi connectivity index (χ0v) is 15.4. The zero-order valence-electron chi connectivity index (χ0n) is 13.0. The summed E-state index contributed by atoms with van der Waals surface area (Å²) in [6, 6.07) is 5.34. The van der Waals surface area contributed by atoms with Crippen LogP contribution in [-0.2, 0) is 20.8 Å². The molecule has 1 aromatic carbocycles. The largest absolute Gasteiger partial charge is 0.468 e. The van der Waals surface area contributed by atoms with Gasteiger partial charge in [-0.05, 0) is 25.1 Å². The Labute approximate surface area is 146 Å².